The van der Waals surface area contributed by atoms with E-state index in [1.165, 1.54) is 28.6 Å². The summed E-state index contributed by atoms with van der Waals surface area (Å²) in [5, 5.41) is 5.70. The summed E-state index contributed by atoms with van der Waals surface area (Å²) in [4.78, 5) is 12.9. The fraction of sp³-hybridized carbons (Fsp3) is 0.269. The molecule has 1 saturated heterocycles. The number of sulfonamides is 1. The number of morpholine rings is 1. The van der Waals surface area contributed by atoms with Crippen LogP contribution < -0.4 is 10.6 Å². The number of carbonyl (C=O) groups is 1. The highest BCUT2D eigenvalue weighted by molar-refractivity contribution is 9.10. The van der Waals surface area contributed by atoms with Crippen LogP contribution in [-0.4, -0.2) is 45.1 Å². The van der Waals surface area contributed by atoms with Gasteiger partial charge in [0.1, 0.15) is 10.7 Å². The van der Waals surface area contributed by atoms with Gasteiger partial charge in [-0.3, -0.25) is 0 Å². The van der Waals surface area contributed by atoms with Gasteiger partial charge < -0.3 is 15.4 Å². The van der Waals surface area contributed by atoms with Gasteiger partial charge in [-0.05, 0) is 70.2 Å². The molecule has 3 aromatic rings. The van der Waals surface area contributed by atoms with Gasteiger partial charge in [0.05, 0.1) is 28.8 Å². The lowest BCUT2D eigenvalue weighted by Crippen LogP contribution is -2.40. The molecule has 2 amide bonds. The van der Waals surface area contributed by atoms with Gasteiger partial charge in [0, 0.05) is 18.8 Å². The van der Waals surface area contributed by atoms with Crippen LogP contribution in [0.4, 0.5) is 14.9 Å². The maximum atomic E-state index is 13.8. The van der Waals surface area contributed by atoms with Crippen molar-refractivity contribution < 1.29 is 22.3 Å². The second kappa shape index (κ2) is 12.4. The first-order chi connectivity index (χ1) is 17.7. The topological polar surface area (TPSA) is 87.7 Å². The highest BCUT2D eigenvalue weighted by Crippen LogP contribution is 2.29. The van der Waals surface area contributed by atoms with Crippen molar-refractivity contribution in [2.24, 2.45) is 0 Å². The second-order valence-corrected chi connectivity index (χ2v) is 11.7. The fourth-order valence-corrected chi connectivity index (χ4v) is 6.34. The molecule has 4 rings (SSSR count). The Morgan fingerprint density at radius 2 is 1.81 bits per heavy atom. The van der Waals surface area contributed by atoms with Crippen LogP contribution in [0.1, 0.15) is 23.6 Å². The van der Waals surface area contributed by atoms with Gasteiger partial charge in [-0.1, -0.05) is 48.0 Å². The molecule has 1 heterocycles. The molecule has 2 N–H and O–H groups in total. The molecule has 0 aliphatic carbocycles. The number of hydrogen-bond donors (Lipinski definition) is 2. The number of amides is 2. The van der Waals surface area contributed by atoms with Crippen LogP contribution in [0.5, 0.6) is 0 Å². The predicted molar refractivity (Wildman–Crippen MR) is 145 cm³/mol. The molecule has 1 unspecified atom stereocenters. The molecule has 1 aliphatic rings. The van der Waals surface area contributed by atoms with Crippen molar-refractivity contribution in [2.45, 2.75) is 23.8 Å². The van der Waals surface area contributed by atoms with Gasteiger partial charge in [0.2, 0.25) is 10.0 Å². The van der Waals surface area contributed by atoms with Gasteiger partial charge in [-0.25, -0.2) is 17.6 Å². The maximum absolute atomic E-state index is 13.8. The van der Waals surface area contributed by atoms with Crippen molar-refractivity contribution in [1.29, 1.82) is 0 Å². The number of benzene rings is 3. The summed E-state index contributed by atoms with van der Waals surface area (Å²) < 4.78 is 46.9. The number of carbonyl (C=O) groups excluding carboxylic acids is 1. The van der Waals surface area contributed by atoms with E-state index in [9.17, 15) is 17.6 Å². The minimum atomic E-state index is -3.86. The first-order valence-corrected chi connectivity index (χ1v) is 14.3. The first kappa shape index (κ1) is 27.5. The van der Waals surface area contributed by atoms with E-state index in [2.05, 4.69) is 26.6 Å². The zero-order valence-electron chi connectivity index (χ0n) is 19.8. The Bertz CT molecular complexity index is 1360. The molecular weight excluding hydrogens is 585 g/mol. The SMILES string of the molecule is O=C(Nc1ccc(Cl)c(S(=O)(=O)N2CCOCC2)c1)NC(CCc1ccccc1)c1ccc(F)c(Br)c1. The summed E-state index contributed by atoms with van der Waals surface area (Å²) in [6, 6.07) is 17.8. The van der Waals surface area contributed by atoms with Gasteiger partial charge >= 0.3 is 6.03 Å². The Balaban J connectivity index is 1.51. The van der Waals surface area contributed by atoms with Crippen LogP contribution in [0.3, 0.4) is 0 Å². The second-order valence-electron chi connectivity index (χ2n) is 8.51. The molecule has 1 aliphatic heterocycles. The van der Waals surface area contributed by atoms with Gasteiger partial charge in [0.15, 0.2) is 0 Å². The molecule has 0 bridgehead atoms. The normalized spacial score (nSPS) is 15.2. The first-order valence-electron chi connectivity index (χ1n) is 11.7. The van der Waals surface area contributed by atoms with E-state index in [-0.39, 0.29) is 28.7 Å². The average molecular weight is 611 g/mol. The van der Waals surface area contributed by atoms with E-state index < -0.39 is 27.9 Å². The minimum Gasteiger partial charge on any atom is -0.379 e. The molecule has 0 radical (unpaired) electrons. The molecule has 7 nitrogen and oxygen atoms in total. The quantitative estimate of drug-likeness (QED) is 0.340. The third-order valence-electron chi connectivity index (χ3n) is 5.99. The molecular formula is C26H26BrClFN3O4S. The van der Waals surface area contributed by atoms with E-state index in [4.69, 9.17) is 16.3 Å². The number of ether oxygens (including phenoxy) is 1. The number of nitrogens with one attached hydrogen (secondary N) is 2. The molecule has 3 aromatic carbocycles. The molecule has 11 heteroatoms. The van der Waals surface area contributed by atoms with Crippen molar-refractivity contribution >= 4 is 49.3 Å². The summed E-state index contributed by atoms with van der Waals surface area (Å²) in [7, 11) is -3.86. The number of anilines is 1. The van der Waals surface area contributed by atoms with Gasteiger partial charge in [-0.2, -0.15) is 4.31 Å². The van der Waals surface area contributed by atoms with Crippen molar-refractivity contribution in [1.82, 2.24) is 9.62 Å². The number of rotatable bonds is 8. The van der Waals surface area contributed by atoms with E-state index >= 15 is 0 Å². The Morgan fingerprint density at radius 1 is 1.08 bits per heavy atom. The van der Waals surface area contributed by atoms with E-state index in [1.807, 2.05) is 30.3 Å². The van der Waals surface area contributed by atoms with Crippen LogP contribution in [0.2, 0.25) is 5.02 Å². The molecule has 0 spiro atoms. The number of hydrogen-bond acceptors (Lipinski definition) is 4. The Hall–Kier alpha value is -2.50. The third kappa shape index (κ3) is 7.08. The minimum absolute atomic E-state index is 0.0642. The predicted octanol–water partition coefficient (Wildman–Crippen LogP) is 5.76. The number of nitrogens with zero attached hydrogens (tertiary/aromatic N) is 1. The van der Waals surface area contributed by atoms with Crippen molar-refractivity contribution in [3.63, 3.8) is 0 Å². The number of aryl methyl sites for hydroxylation is 1. The van der Waals surface area contributed by atoms with Crippen LogP contribution in [0.25, 0.3) is 0 Å². The zero-order valence-corrected chi connectivity index (χ0v) is 23.0. The fourth-order valence-electron chi connectivity index (χ4n) is 4.04. The smallest absolute Gasteiger partial charge is 0.319 e. The Kier molecular flexibility index (Phi) is 9.20. The average Bonchev–Trinajstić information content (AvgIpc) is 2.90. The number of halogens is 3. The van der Waals surface area contributed by atoms with E-state index in [0.717, 1.165) is 11.1 Å². The standard InChI is InChI=1S/C26H26BrClFN3O4S/c27-21-16-19(7-10-23(21)29)24(11-6-18-4-2-1-3-5-18)31-26(33)30-20-8-9-22(28)25(17-20)37(34,35)32-12-14-36-15-13-32/h1-5,7-10,16-17,24H,6,11-15H2,(H2,30,31,33). The summed E-state index contributed by atoms with van der Waals surface area (Å²) in [6.45, 7) is 1.07. The lowest BCUT2D eigenvalue weighted by molar-refractivity contribution is 0.0730. The van der Waals surface area contributed by atoms with Crippen LogP contribution in [-0.2, 0) is 21.2 Å². The van der Waals surface area contributed by atoms with Crippen LogP contribution in [0, 0.1) is 5.82 Å². The zero-order chi connectivity index (χ0) is 26.4. The van der Waals surface area contributed by atoms with Crippen molar-refractivity contribution in [3.05, 3.63) is 93.2 Å². The van der Waals surface area contributed by atoms with Crippen LogP contribution >= 0.6 is 27.5 Å². The highest BCUT2D eigenvalue weighted by atomic mass is 79.9. The Labute approximate surface area is 229 Å². The highest BCUT2D eigenvalue weighted by Gasteiger charge is 2.29. The van der Waals surface area contributed by atoms with Crippen molar-refractivity contribution in [3.8, 4) is 0 Å². The molecule has 1 atom stereocenters. The van der Waals surface area contributed by atoms with E-state index in [1.54, 1.807) is 12.1 Å². The largest absolute Gasteiger partial charge is 0.379 e. The molecule has 1 fully saturated rings. The summed E-state index contributed by atoms with van der Waals surface area (Å²) in [5.41, 5.74) is 2.11. The summed E-state index contributed by atoms with van der Waals surface area (Å²) in [6.07, 6.45) is 1.25. The molecule has 0 saturated carbocycles. The van der Waals surface area contributed by atoms with Gasteiger partial charge in [-0.15, -0.1) is 0 Å². The van der Waals surface area contributed by atoms with Crippen molar-refractivity contribution in [2.75, 3.05) is 31.6 Å². The molecule has 0 aromatic heterocycles. The third-order valence-corrected chi connectivity index (χ3v) is 8.98. The monoisotopic (exact) mass is 609 g/mol. The molecule has 196 valence electrons. The summed E-state index contributed by atoms with van der Waals surface area (Å²) in [5.74, 6) is -0.398. The van der Waals surface area contributed by atoms with E-state index in [0.29, 0.717) is 30.5 Å². The molecule has 37 heavy (non-hydrogen) atoms. The summed E-state index contributed by atoms with van der Waals surface area (Å²) >= 11 is 9.44. The van der Waals surface area contributed by atoms with Crippen LogP contribution in [0.15, 0.2) is 76.1 Å². The number of urea groups is 1. The Morgan fingerprint density at radius 3 is 2.51 bits per heavy atom. The lowest BCUT2D eigenvalue weighted by Gasteiger charge is -2.26. The van der Waals surface area contributed by atoms with Gasteiger partial charge in [0.25, 0.3) is 0 Å². The maximum Gasteiger partial charge on any atom is 0.319 e. The lowest BCUT2D eigenvalue weighted by atomic mass is 9.99.